The number of likely N-dealkylation sites (tertiary alicyclic amines) is 1. The maximum absolute atomic E-state index is 12.4. The van der Waals surface area contributed by atoms with Gasteiger partial charge in [0.1, 0.15) is 5.75 Å². The summed E-state index contributed by atoms with van der Waals surface area (Å²) in [5.41, 5.74) is 3.75. The van der Waals surface area contributed by atoms with Crippen molar-refractivity contribution in [2.45, 2.75) is 50.5 Å². The van der Waals surface area contributed by atoms with Gasteiger partial charge in [-0.2, -0.15) is 0 Å². The van der Waals surface area contributed by atoms with Gasteiger partial charge in [-0.15, -0.1) is 0 Å². The van der Waals surface area contributed by atoms with Gasteiger partial charge >= 0.3 is 0 Å². The van der Waals surface area contributed by atoms with Crippen molar-refractivity contribution in [2.24, 2.45) is 5.92 Å². The number of benzene rings is 2. The van der Waals surface area contributed by atoms with Crippen LogP contribution in [0.1, 0.15) is 55.6 Å². The maximum Gasteiger partial charge on any atom is 0.244 e. The van der Waals surface area contributed by atoms with Gasteiger partial charge < -0.3 is 19.9 Å². The molecule has 0 radical (unpaired) electrons. The van der Waals surface area contributed by atoms with E-state index in [1.54, 1.807) is 13.2 Å². The Morgan fingerprint density at radius 1 is 1.03 bits per heavy atom. The number of ether oxygens (including phenoxy) is 1. The highest BCUT2D eigenvalue weighted by molar-refractivity contribution is 5.91. The van der Waals surface area contributed by atoms with E-state index in [9.17, 15) is 4.79 Å². The number of H-pyrrole nitrogens is 1. The van der Waals surface area contributed by atoms with E-state index in [4.69, 9.17) is 4.74 Å². The van der Waals surface area contributed by atoms with Crippen LogP contribution >= 0.6 is 0 Å². The highest BCUT2D eigenvalue weighted by Gasteiger charge is 2.27. The third-order valence-corrected chi connectivity index (χ3v) is 7.90. The minimum Gasteiger partial charge on any atom is -0.497 e. The van der Waals surface area contributed by atoms with Crippen LogP contribution in [0.15, 0.2) is 60.8 Å². The molecule has 5 heteroatoms. The molecule has 2 fully saturated rings. The zero-order chi connectivity index (χ0) is 24.0. The number of methoxy groups -OCH3 is 1. The lowest BCUT2D eigenvalue weighted by molar-refractivity contribution is -0.117. The van der Waals surface area contributed by atoms with Gasteiger partial charge in [-0.1, -0.05) is 30.3 Å². The van der Waals surface area contributed by atoms with Crippen molar-refractivity contribution in [1.82, 2.24) is 15.2 Å². The number of amides is 1. The van der Waals surface area contributed by atoms with E-state index in [0.717, 1.165) is 30.1 Å². The Morgan fingerprint density at radius 3 is 2.51 bits per heavy atom. The number of nitrogens with one attached hydrogen (secondary N) is 2. The van der Waals surface area contributed by atoms with E-state index >= 15 is 0 Å². The van der Waals surface area contributed by atoms with Crippen LogP contribution in [0.3, 0.4) is 0 Å². The number of carbonyl (C=O) groups excluding carboxylic acids is 1. The lowest BCUT2D eigenvalue weighted by Crippen LogP contribution is -2.41. The van der Waals surface area contributed by atoms with E-state index in [-0.39, 0.29) is 5.91 Å². The molecule has 5 nitrogen and oxygen atoms in total. The number of aromatic amines is 1. The standard InChI is InChI=1S/C30H37N3O2/c1-35-26-13-8-22(9-14-26)10-15-30(34)32-25-11-6-23(7-12-25)21-33-18-16-24(17-19-33)28-20-31-29-5-3-2-4-27(28)29/h2-5,8-10,13-15,20,23-25,31H,6-7,11-12,16-19,21H2,1H3,(H,32,34). The zero-order valence-corrected chi connectivity index (χ0v) is 20.7. The lowest BCUT2D eigenvalue weighted by Gasteiger charge is -2.36. The molecule has 3 aromatic rings. The molecule has 0 atom stereocenters. The molecule has 0 bridgehead atoms. The number of aromatic nitrogens is 1. The van der Waals surface area contributed by atoms with Crippen molar-refractivity contribution in [1.29, 1.82) is 0 Å². The van der Waals surface area contributed by atoms with Crippen LogP contribution in [0.25, 0.3) is 17.0 Å². The molecule has 35 heavy (non-hydrogen) atoms. The van der Waals surface area contributed by atoms with Crippen LogP contribution in [-0.2, 0) is 4.79 Å². The van der Waals surface area contributed by atoms with Crippen molar-refractivity contribution >= 4 is 22.9 Å². The second-order valence-corrected chi connectivity index (χ2v) is 10.2. The summed E-state index contributed by atoms with van der Waals surface area (Å²) in [6.45, 7) is 3.59. The van der Waals surface area contributed by atoms with Crippen LogP contribution in [-0.4, -0.2) is 48.6 Å². The summed E-state index contributed by atoms with van der Waals surface area (Å²) >= 11 is 0. The summed E-state index contributed by atoms with van der Waals surface area (Å²) in [4.78, 5) is 18.5. The molecule has 1 aromatic heterocycles. The smallest absolute Gasteiger partial charge is 0.244 e. The van der Waals surface area contributed by atoms with Gasteiger partial charge in [0.2, 0.25) is 5.91 Å². The van der Waals surface area contributed by atoms with Gasteiger partial charge in [0, 0.05) is 35.8 Å². The highest BCUT2D eigenvalue weighted by atomic mass is 16.5. The van der Waals surface area contributed by atoms with Gasteiger partial charge in [0.25, 0.3) is 0 Å². The molecule has 1 aliphatic carbocycles. The van der Waals surface area contributed by atoms with E-state index in [0.29, 0.717) is 12.0 Å². The minimum atomic E-state index is 0.00335. The van der Waals surface area contributed by atoms with E-state index in [2.05, 4.69) is 45.7 Å². The lowest BCUT2D eigenvalue weighted by atomic mass is 9.84. The average Bonchev–Trinajstić information content (AvgIpc) is 3.34. The average molecular weight is 472 g/mol. The molecule has 1 saturated heterocycles. The fraction of sp³-hybridized carbons (Fsp3) is 0.433. The number of para-hydroxylation sites is 1. The van der Waals surface area contributed by atoms with E-state index in [1.165, 1.54) is 61.8 Å². The zero-order valence-electron chi connectivity index (χ0n) is 20.7. The van der Waals surface area contributed by atoms with E-state index in [1.807, 2.05) is 30.3 Å². The van der Waals surface area contributed by atoms with Crippen LogP contribution in [0.5, 0.6) is 5.75 Å². The molecule has 1 saturated carbocycles. The first-order valence-electron chi connectivity index (χ1n) is 13.1. The summed E-state index contributed by atoms with van der Waals surface area (Å²) in [5, 5.41) is 4.60. The SMILES string of the molecule is COc1ccc(C=CC(=O)NC2CCC(CN3CCC(c4c[nH]c5ccccc45)CC3)CC2)cc1. The normalized spacial score (nSPS) is 22.0. The number of nitrogens with zero attached hydrogens (tertiary/aromatic N) is 1. The first-order valence-corrected chi connectivity index (χ1v) is 13.1. The number of carbonyl (C=O) groups is 1. The molecule has 2 aliphatic rings. The Kier molecular flexibility index (Phi) is 7.53. The second kappa shape index (κ2) is 11.1. The van der Waals surface area contributed by atoms with Gasteiger partial charge in [0.05, 0.1) is 7.11 Å². The Balaban J connectivity index is 1.03. The summed E-state index contributed by atoms with van der Waals surface area (Å²) in [6.07, 6.45) is 12.8. The van der Waals surface area contributed by atoms with Crippen molar-refractivity contribution < 1.29 is 9.53 Å². The van der Waals surface area contributed by atoms with E-state index < -0.39 is 0 Å². The highest BCUT2D eigenvalue weighted by Crippen LogP contribution is 2.34. The topological polar surface area (TPSA) is 57.4 Å². The quantitative estimate of drug-likeness (QED) is 0.432. The van der Waals surface area contributed by atoms with Gasteiger partial charge in [-0.3, -0.25) is 4.79 Å². The molecule has 2 aromatic carbocycles. The fourth-order valence-electron chi connectivity index (χ4n) is 5.85. The maximum atomic E-state index is 12.4. The molecular formula is C30H37N3O2. The Morgan fingerprint density at radius 2 is 1.77 bits per heavy atom. The Hall–Kier alpha value is -3.05. The number of rotatable bonds is 7. The molecule has 1 aliphatic heterocycles. The number of hydrogen-bond donors (Lipinski definition) is 2. The van der Waals surface area contributed by atoms with Crippen LogP contribution in [0.2, 0.25) is 0 Å². The number of fused-ring (bicyclic) bond motifs is 1. The van der Waals surface area contributed by atoms with Crippen molar-refractivity contribution in [3.63, 3.8) is 0 Å². The molecule has 1 amide bonds. The Labute approximate surface area is 208 Å². The summed E-state index contributed by atoms with van der Waals surface area (Å²) < 4.78 is 5.18. The first kappa shape index (κ1) is 23.7. The molecule has 2 heterocycles. The fourth-order valence-corrected chi connectivity index (χ4v) is 5.85. The largest absolute Gasteiger partial charge is 0.497 e. The third kappa shape index (κ3) is 5.96. The minimum absolute atomic E-state index is 0.00335. The molecule has 5 rings (SSSR count). The summed E-state index contributed by atoms with van der Waals surface area (Å²) in [6, 6.07) is 16.7. The monoisotopic (exact) mass is 471 g/mol. The van der Waals surface area contributed by atoms with Gasteiger partial charge in [0.15, 0.2) is 0 Å². The van der Waals surface area contributed by atoms with Crippen LogP contribution < -0.4 is 10.1 Å². The first-order chi connectivity index (χ1) is 17.2. The predicted octanol–water partition coefficient (Wildman–Crippen LogP) is 5.74. The molecular weight excluding hydrogens is 434 g/mol. The van der Waals surface area contributed by atoms with Gasteiger partial charge in [-0.05, 0) is 98.9 Å². The molecule has 0 spiro atoms. The van der Waals surface area contributed by atoms with Crippen molar-refractivity contribution in [2.75, 3.05) is 26.7 Å². The second-order valence-electron chi connectivity index (χ2n) is 10.2. The molecule has 184 valence electrons. The van der Waals surface area contributed by atoms with Crippen LogP contribution in [0, 0.1) is 5.92 Å². The van der Waals surface area contributed by atoms with Crippen LogP contribution in [0.4, 0.5) is 0 Å². The molecule has 0 unspecified atom stereocenters. The van der Waals surface area contributed by atoms with Crippen molar-refractivity contribution in [3.8, 4) is 5.75 Å². The number of hydrogen-bond acceptors (Lipinski definition) is 3. The summed E-state index contributed by atoms with van der Waals surface area (Å²) in [7, 11) is 1.65. The summed E-state index contributed by atoms with van der Waals surface area (Å²) in [5.74, 6) is 2.24. The van der Waals surface area contributed by atoms with Gasteiger partial charge in [-0.25, -0.2) is 0 Å². The number of piperidine rings is 1. The Bertz CT molecular complexity index is 1130. The molecule has 2 N–H and O–H groups in total. The van der Waals surface area contributed by atoms with Crippen molar-refractivity contribution in [3.05, 3.63) is 71.9 Å². The third-order valence-electron chi connectivity index (χ3n) is 7.90. The predicted molar refractivity (Wildman–Crippen MR) is 143 cm³/mol.